The lowest BCUT2D eigenvalue weighted by Crippen LogP contribution is -2.24. The Kier molecular flexibility index (Phi) is 4.98. The highest BCUT2D eigenvalue weighted by molar-refractivity contribution is 9.10. The highest BCUT2D eigenvalue weighted by Gasteiger charge is 2.20. The molecule has 2 aromatic carbocycles. The van der Waals surface area contributed by atoms with Gasteiger partial charge in [0.25, 0.3) is 5.91 Å². The summed E-state index contributed by atoms with van der Waals surface area (Å²) < 4.78 is 6.43. The molecule has 0 saturated carbocycles. The van der Waals surface area contributed by atoms with E-state index in [4.69, 9.17) is 4.74 Å². The second kappa shape index (κ2) is 7.72. The summed E-state index contributed by atoms with van der Waals surface area (Å²) in [6.45, 7) is 0.532. The van der Waals surface area contributed by atoms with Crippen molar-refractivity contribution in [3.8, 4) is 5.75 Å². The Morgan fingerprint density at radius 3 is 2.96 bits per heavy atom. The number of rotatable bonds is 3. The molecule has 4 rings (SSSR count). The van der Waals surface area contributed by atoms with Crippen LogP contribution in [0.1, 0.15) is 11.1 Å². The van der Waals surface area contributed by atoms with Crippen molar-refractivity contribution < 1.29 is 9.53 Å². The molecule has 0 atom stereocenters. The van der Waals surface area contributed by atoms with Gasteiger partial charge in [0.2, 0.25) is 0 Å². The number of carbonyl (C=O) groups is 1. The van der Waals surface area contributed by atoms with Crippen LogP contribution in [0.2, 0.25) is 0 Å². The van der Waals surface area contributed by atoms with Crippen molar-refractivity contribution >= 4 is 33.5 Å². The number of halogens is 1. The highest BCUT2D eigenvalue weighted by atomic mass is 79.9. The molecule has 2 aliphatic heterocycles. The number of amides is 1. The topological polar surface area (TPSA) is 54.3 Å². The zero-order valence-electron chi connectivity index (χ0n) is 14.4. The fourth-order valence-electron chi connectivity index (χ4n) is 2.87. The first kappa shape index (κ1) is 17.4. The van der Waals surface area contributed by atoms with Gasteiger partial charge >= 0.3 is 0 Å². The summed E-state index contributed by atoms with van der Waals surface area (Å²) >= 11 is 3.38. The third-order valence-corrected chi connectivity index (χ3v) is 4.62. The lowest BCUT2D eigenvalue weighted by atomic mass is 10.1. The van der Waals surface area contributed by atoms with E-state index >= 15 is 0 Å². The maximum absolute atomic E-state index is 12.4. The number of aliphatic imine (C=N–C) groups is 2. The van der Waals surface area contributed by atoms with Crippen LogP contribution in [-0.4, -0.2) is 29.1 Å². The molecule has 5 nitrogen and oxygen atoms in total. The van der Waals surface area contributed by atoms with E-state index in [-0.39, 0.29) is 12.5 Å². The van der Waals surface area contributed by atoms with E-state index in [1.165, 1.54) is 0 Å². The number of amidine groups is 2. The molecule has 2 aromatic rings. The Balaban J connectivity index is 1.61. The minimum atomic E-state index is -0.382. The lowest BCUT2D eigenvalue weighted by molar-refractivity contribution is -0.119. The molecule has 6 heteroatoms. The van der Waals surface area contributed by atoms with Crippen LogP contribution in [0, 0.1) is 0 Å². The van der Waals surface area contributed by atoms with Crippen molar-refractivity contribution in [1.82, 2.24) is 4.90 Å². The molecule has 0 saturated heterocycles. The molecule has 0 aliphatic carbocycles. The van der Waals surface area contributed by atoms with E-state index in [0.717, 1.165) is 21.4 Å². The van der Waals surface area contributed by atoms with Crippen molar-refractivity contribution in [3.05, 3.63) is 88.6 Å². The lowest BCUT2D eigenvalue weighted by Gasteiger charge is -2.20. The number of hydrogen-bond donors (Lipinski definition) is 0. The SMILES string of the molecule is O=C(COc1cccc(Br)c1)N=C1N=C2C=CC=CN2Cc2ccccc21. The van der Waals surface area contributed by atoms with Gasteiger partial charge in [0.1, 0.15) is 11.6 Å². The largest absolute Gasteiger partial charge is 0.484 e. The van der Waals surface area contributed by atoms with Gasteiger partial charge in [-0.2, -0.15) is 4.99 Å². The zero-order chi connectivity index (χ0) is 18.6. The summed E-state index contributed by atoms with van der Waals surface area (Å²) in [4.78, 5) is 23.3. The van der Waals surface area contributed by atoms with Crippen molar-refractivity contribution in [2.75, 3.05) is 6.61 Å². The van der Waals surface area contributed by atoms with Gasteiger partial charge in [0.15, 0.2) is 12.4 Å². The molecule has 0 N–H and O–H groups in total. The fraction of sp³-hybridized carbons (Fsp3) is 0.0952. The quantitative estimate of drug-likeness (QED) is 0.749. The van der Waals surface area contributed by atoms with Crippen LogP contribution in [0.15, 0.2) is 87.4 Å². The maximum atomic E-state index is 12.4. The summed E-state index contributed by atoms with van der Waals surface area (Å²) in [6, 6.07) is 15.2. The number of benzene rings is 2. The highest BCUT2D eigenvalue weighted by Crippen LogP contribution is 2.21. The maximum Gasteiger partial charge on any atom is 0.285 e. The van der Waals surface area contributed by atoms with Gasteiger partial charge in [-0.25, -0.2) is 4.99 Å². The first-order valence-corrected chi connectivity index (χ1v) is 9.27. The molecule has 1 amide bonds. The second-order valence-corrected chi connectivity index (χ2v) is 6.95. The first-order chi connectivity index (χ1) is 13.2. The van der Waals surface area contributed by atoms with Gasteiger partial charge in [-0.05, 0) is 35.9 Å². The Hall–Kier alpha value is -2.99. The van der Waals surface area contributed by atoms with Crippen LogP contribution < -0.4 is 4.74 Å². The number of hydrogen-bond acceptors (Lipinski definition) is 3. The molecule has 0 fully saturated rings. The van der Waals surface area contributed by atoms with Crippen LogP contribution in [0.4, 0.5) is 0 Å². The fourth-order valence-corrected chi connectivity index (χ4v) is 3.25. The number of carbonyl (C=O) groups excluding carboxylic acids is 1. The molecular formula is C21H16BrN3O2. The number of ether oxygens (including phenoxy) is 1. The normalized spacial score (nSPS) is 16.4. The van der Waals surface area contributed by atoms with Crippen LogP contribution in [0.3, 0.4) is 0 Å². The van der Waals surface area contributed by atoms with Gasteiger partial charge in [0, 0.05) is 22.8 Å². The monoisotopic (exact) mass is 421 g/mol. The van der Waals surface area contributed by atoms with Gasteiger partial charge in [-0.15, -0.1) is 0 Å². The van der Waals surface area contributed by atoms with E-state index < -0.39 is 0 Å². The van der Waals surface area contributed by atoms with E-state index in [1.807, 2.05) is 65.7 Å². The third kappa shape index (κ3) is 4.06. The Morgan fingerprint density at radius 2 is 2.07 bits per heavy atom. The van der Waals surface area contributed by atoms with E-state index in [1.54, 1.807) is 12.1 Å². The van der Waals surface area contributed by atoms with E-state index in [2.05, 4.69) is 25.9 Å². The van der Waals surface area contributed by atoms with Crippen molar-refractivity contribution in [2.45, 2.75) is 6.54 Å². The standard InChI is InChI=1S/C21H16BrN3O2/c22-16-7-5-8-17(12-16)27-14-20(26)24-21-18-9-2-1-6-15(18)13-25-11-4-3-10-19(25)23-21/h1-12H,13-14H2. The van der Waals surface area contributed by atoms with Crippen molar-refractivity contribution in [2.24, 2.45) is 9.98 Å². The van der Waals surface area contributed by atoms with Gasteiger partial charge < -0.3 is 9.64 Å². The summed E-state index contributed by atoms with van der Waals surface area (Å²) in [5.41, 5.74) is 1.92. The molecule has 0 unspecified atom stereocenters. The number of nitrogens with zero attached hydrogens (tertiary/aromatic N) is 3. The number of allylic oxidation sites excluding steroid dienone is 2. The van der Waals surface area contributed by atoms with E-state index in [9.17, 15) is 4.79 Å². The van der Waals surface area contributed by atoms with Gasteiger partial charge in [-0.3, -0.25) is 4.79 Å². The van der Waals surface area contributed by atoms with Crippen molar-refractivity contribution in [1.29, 1.82) is 0 Å². The zero-order valence-corrected chi connectivity index (χ0v) is 16.0. The predicted octanol–water partition coefficient (Wildman–Crippen LogP) is 4.10. The van der Waals surface area contributed by atoms with E-state index in [0.29, 0.717) is 18.1 Å². The molecule has 0 radical (unpaired) electrons. The minimum absolute atomic E-state index is 0.146. The molecule has 0 aromatic heterocycles. The van der Waals surface area contributed by atoms with Crippen LogP contribution in [0.25, 0.3) is 0 Å². The predicted molar refractivity (Wildman–Crippen MR) is 109 cm³/mol. The first-order valence-electron chi connectivity index (χ1n) is 8.47. The van der Waals surface area contributed by atoms with Crippen LogP contribution in [0.5, 0.6) is 5.75 Å². The Bertz CT molecular complexity index is 1010. The summed E-state index contributed by atoms with van der Waals surface area (Å²) in [5, 5.41) is 0. The van der Waals surface area contributed by atoms with Crippen LogP contribution in [-0.2, 0) is 11.3 Å². The van der Waals surface area contributed by atoms with Gasteiger partial charge in [0.05, 0.1) is 0 Å². The molecule has 2 aliphatic rings. The molecule has 134 valence electrons. The third-order valence-electron chi connectivity index (χ3n) is 4.13. The summed E-state index contributed by atoms with van der Waals surface area (Å²) in [7, 11) is 0. The minimum Gasteiger partial charge on any atom is -0.484 e. The average molecular weight is 422 g/mol. The average Bonchev–Trinajstić information content (AvgIpc) is 2.83. The molecule has 2 heterocycles. The smallest absolute Gasteiger partial charge is 0.285 e. The molecular weight excluding hydrogens is 406 g/mol. The number of fused-ring (bicyclic) bond motifs is 2. The van der Waals surface area contributed by atoms with Gasteiger partial charge in [-0.1, -0.05) is 52.3 Å². The Morgan fingerprint density at radius 1 is 1.19 bits per heavy atom. The van der Waals surface area contributed by atoms with Crippen LogP contribution >= 0.6 is 15.9 Å². The van der Waals surface area contributed by atoms with Crippen molar-refractivity contribution in [3.63, 3.8) is 0 Å². The Labute approximate surface area is 165 Å². The molecule has 0 spiro atoms. The second-order valence-electron chi connectivity index (χ2n) is 6.03. The molecule has 27 heavy (non-hydrogen) atoms. The summed E-state index contributed by atoms with van der Waals surface area (Å²) in [6.07, 6.45) is 7.75. The molecule has 0 bridgehead atoms. The summed E-state index contributed by atoms with van der Waals surface area (Å²) in [5.74, 6) is 1.39.